The van der Waals surface area contributed by atoms with E-state index in [1.54, 1.807) is 18.3 Å². The van der Waals surface area contributed by atoms with Crippen LogP contribution in [-0.2, 0) is 0 Å². The maximum atomic E-state index is 14.9. The number of aromatic nitrogens is 4. The van der Waals surface area contributed by atoms with Crippen LogP contribution < -0.4 is 26.6 Å². The summed E-state index contributed by atoms with van der Waals surface area (Å²) >= 11 is 0. The molecule has 0 unspecified atom stereocenters. The number of anilines is 3. The average Bonchev–Trinajstić information content (AvgIpc) is 3.44. The predicted octanol–water partition coefficient (Wildman–Crippen LogP) is 2.92. The lowest BCUT2D eigenvalue weighted by molar-refractivity contribution is 0.101. The van der Waals surface area contributed by atoms with Gasteiger partial charge in [-0.05, 0) is 69.7 Å². The van der Waals surface area contributed by atoms with E-state index in [0.29, 0.717) is 66.6 Å². The van der Waals surface area contributed by atoms with Crippen LogP contribution in [0.4, 0.5) is 21.6 Å². The first kappa shape index (κ1) is 26.1. The number of halogens is 1. The maximum absolute atomic E-state index is 14.9. The first-order valence-corrected chi connectivity index (χ1v) is 13.4. The second-order valence-corrected chi connectivity index (χ2v) is 10.2. The van der Waals surface area contributed by atoms with E-state index < -0.39 is 5.91 Å². The number of hydrogen-bond acceptors (Lipinski definition) is 8. The number of nitrogens with one attached hydrogen (secondary N) is 2. The van der Waals surface area contributed by atoms with Crippen LogP contribution in [0.1, 0.15) is 42.1 Å². The predicted molar refractivity (Wildman–Crippen MR) is 147 cm³/mol. The van der Waals surface area contributed by atoms with Gasteiger partial charge in [0, 0.05) is 32.2 Å². The van der Waals surface area contributed by atoms with Crippen molar-refractivity contribution in [3.63, 3.8) is 0 Å². The molecule has 0 saturated carbocycles. The molecule has 0 atom stereocenters. The van der Waals surface area contributed by atoms with Crippen LogP contribution in [0.5, 0.6) is 0 Å². The summed E-state index contributed by atoms with van der Waals surface area (Å²) in [5.74, 6) is 1.80. The number of nitrogens with two attached hydrogens (primary N) is 2. The molecule has 6 N–H and O–H groups in total. The molecule has 202 valence electrons. The number of aromatic amines is 1. The van der Waals surface area contributed by atoms with Gasteiger partial charge < -0.3 is 31.6 Å². The highest BCUT2D eigenvalue weighted by atomic mass is 19.1. The third-order valence-corrected chi connectivity index (χ3v) is 7.66. The molecule has 2 saturated heterocycles. The minimum atomic E-state index is -0.449. The molecular weight excluding hydrogens is 485 g/mol. The minimum Gasteiger partial charge on any atom is -0.367 e. The lowest BCUT2D eigenvalue weighted by Crippen LogP contribution is -2.37. The van der Waals surface area contributed by atoms with Gasteiger partial charge in [0.15, 0.2) is 5.82 Å². The van der Waals surface area contributed by atoms with Gasteiger partial charge in [-0.3, -0.25) is 4.79 Å². The number of hydrogen-bond donors (Lipinski definition) is 4. The van der Waals surface area contributed by atoms with Crippen LogP contribution in [0.2, 0.25) is 0 Å². The minimum absolute atomic E-state index is 0.124. The topological polar surface area (TPSA) is 142 Å². The molecule has 38 heavy (non-hydrogen) atoms. The molecule has 5 rings (SSSR count). The molecule has 2 aliphatic heterocycles. The van der Waals surface area contributed by atoms with Gasteiger partial charge in [-0.1, -0.05) is 6.07 Å². The van der Waals surface area contributed by atoms with Crippen molar-refractivity contribution in [3.8, 4) is 11.4 Å². The highest BCUT2D eigenvalue weighted by Gasteiger charge is 2.25. The summed E-state index contributed by atoms with van der Waals surface area (Å²) < 4.78 is 14.9. The molecule has 10 nitrogen and oxygen atoms in total. The number of rotatable bonds is 7. The quantitative estimate of drug-likeness (QED) is 0.372. The fourth-order valence-electron chi connectivity index (χ4n) is 5.33. The molecule has 3 aromatic rings. The van der Waals surface area contributed by atoms with E-state index in [0.717, 1.165) is 44.6 Å². The van der Waals surface area contributed by atoms with Crippen molar-refractivity contribution in [3.05, 3.63) is 47.9 Å². The molecule has 2 aliphatic rings. The van der Waals surface area contributed by atoms with Gasteiger partial charge in [-0.2, -0.15) is 0 Å². The summed E-state index contributed by atoms with van der Waals surface area (Å²) in [4.78, 5) is 33.9. The van der Waals surface area contributed by atoms with E-state index in [-0.39, 0.29) is 11.6 Å². The molecule has 0 spiro atoms. The second kappa shape index (κ2) is 11.4. The second-order valence-electron chi connectivity index (χ2n) is 10.2. The van der Waals surface area contributed by atoms with E-state index in [9.17, 15) is 9.18 Å². The Morgan fingerprint density at radius 3 is 2.37 bits per heavy atom. The Bertz CT molecular complexity index is 1260. The summed E-state index contributed by atoms with van der Waals surface area (Å²) in [6.45, 7) is 6.38. The van der Waals surface area contributed by atoms with E-state index in [1.165, 1.54) is 6.07 Å². The number of benzene rings is 1. The third kappa shape index (κ3) is 5.63. The van der Waals surface area contributed by atoms with Crippen molar-refractivity contribution in [2.75, 3.05) is 54.4 Å². The number of carbonyl (C=O) groups is 1. The van der Waals surface area contributed by atoms with Crippen molar-refractivity contribution in [2.45, 2.75) is 32.6 Å². The molecule has 4 heterocycles. The highest BCUT2D eigenvalue weighted by Crippen LogP contribution is 2.33. The van der Waals surface area contributed by atoms with E-state index >= 15 is 0 Å². The number of nitrogens with zero attached hydrogens (tertiary/aromatic N) is 5. The summed E-state index contributed by atoms with van der Waals surface area (Å²) in [7, 11) is 0. The van der Waals surface area contributed by atoms with Crippen LogP contribution in [0.3, 0.4) is 0 Å². The number of para-hydroxylation sites is 1. The van der Waals surface area contributed by atoms with Crippen molar-refractivity contribution in [2.24, 2.45) is 23.3 Å². The van der Waals surface area contributed by atoms with E-state index in [4.69, 9.17) is 11.5 Å². The van der Waals surface area contributed by atoms with Crippen LogP contribution in [0.25, 0.3) is 11.4 Å². The Balaban J connectivity index is 1.32. The number of piperidine rings is 2. The summed E-state index contributed by atoms with van der Waals surface area (Å²) in [5.41, 5.74) is 13.7. The van der Waals surface area contributed by atoms with Crippen LogP contribution in [0, 0.1) is 24.6 Å². The number of aryl methyl sites for hydroxylation is 1. The average molecular weight is 522 g/mol. The van der Waals surface area contributed by atoms with Crippen LogP contribution in [0.15, 0.2) is 30.5 Å². The van der Waals surface area contributed by atoms with E-state index in [2.05, 4.69) is 30.2 Å². The zero-order valence-corrected chi connectivity index (χ0v) is 21.8. The Morgan fingerprint density at radius 1 is 1.05 bits per heavy atom. The fourth-order valence-corrected chi connectivity index (χ4v) is 5.33. The standard InChI is InChI=1S/C27H36FN9O/c1-17-32-22(13-24(33-17)36-9-5-18(14-29)6-10-36)23-16-31-26(34-23)27(38)35-21-4-2-3-20(28)25(21)37-11-7-19(15-30)8-12-37/h2-4,13,16,18-19H,5-12,14-15,29-30H2,1H3,(H,31,34)(H,35,38). The lowest BCUT2D eigenvalue weighted by Gasteiger charge is -2.34. The molecule has 1 aromatic carbocycles. The molecule has 2 fully saturated rings. The zero-order valence-electron chi connectivity index (χ0n) is 21.8. The van der Waals surface area contributed by atoms with Gasteiger partial charge in [0.05, 0.1) is 29.0 Å². The van der Waals surface area contributed by atoms with Gasteiger partial charge in [0.1, 0.15) is 17.5 Å². The zero-order chi connectivity index (χ0) is 26.6. The number of imidazole rings is 1. The number of H-pyrrole nitrogens is 1. The monoisotopic (exact) mass is 521 g/mol. The fraction of sp³-hybridized carbons (Fsp3) is 0.481. The first-order chi connectivity index (χ1) is 18.4. The normalized spacial score (nSPS) is 17.2. The summed E-state index contributed by atoms with van der Waals surface area (Å²) in [6, 6.07) is 6.64. The van der Waals surface area contributed by atoms with Crippen molar-refractivity contribution in [1.82, 2.24) is 19.9 Å². The third-order valence-electron chi connectivity index (χ3n) is 7.66. The van der Waals surface area contributed by atoms with Crippen molar-refractivity contribution in [1.29, 1.82) is 0 Å². The van der Waals surface area contributed by atoms with Gasteiger partial charge >= 0.3 is 0 Å². The van der Waals surface area contributed by atoms with Crippen LogP contribution >= 0.6 is 0 Å². The summed E-state index contributed by atoms with van der Waals surface area (Å²) in [6.07, 6.45) is 5.45. The lowest BCUT2D eigenvalue weighted by atomic mass is 9.96. The maximum Gasteiger partial charge on any atom is 0.291 e. The van der Waals surface area contributed by atoms with Gasteiger partial charge in [-0.15, -0.1) is 0 Å². The van der Waals surface area contributed by atoms with Gasteiger partial charge in [0.2, 0.25) is 0 Å². The number of carbonyl (C=O) groups excluding carboxylic acids is 1. The highest BCUT2D eigenvalue weighted by molar-refractivity contribution is 6.04. The smallest absolute Gasteiger partial charge is 0.291 e. The molecule has 11 heteroatoms. The largest absolute Gasteiger partial charge is 0.367 e. The Hall–Kier alpha value is -3.57. The van der Waals surface area contributed by atoms with E-state index in [1.807, 2.05) is 17.9 Å². The Morgan fingerprint density at radius 2 is 1.71 bits per heavy atom. The molecule has 1 amide bonds. The van der Waals surface area contributed by atoms with Crippen molar-refractivity contribution < 1.29 is 9.18 Å². The first-order valence-electron chi connectivity index (χ1n) is 13.4. The summed E-state index contributed by atoms with van der Waals surface area (Å²) in [5, 5.41) is 2.85. The molecule has 0 radical (unpaired) electrons. The van der Waals surface area contributed by atoms with Gasteiger partial charge in [-0.25, -0.2) is 19.3 Å². The van der Waals surface area contributed by atoms with Gasteiger partial charge in [0.25, 0.3) is 5.91 Å². The molecular formula is C27H36FN9O. The van der Waals surface area contributed by atoms with Crippen LogP contribution in [-0.4, -0.2) is 65.1 Å². The molecule has 0 bridgehead atoms. The van der Waals surface area contributed by atoms with Crippen molar-refractivity contribution >= 4 is 23.1 Å². The number of amides is 1. The SMILES string of the molecule is Cc1nc(-c2cnc(C(=O)Nc3cccc(F)c3N3CCC(CN)CC3)[nH]2)cc(N2CCC(CN)CC2)n1. The Labute approximate surface area is 222 Å². The molecule has 0 aliphatic carbocycles. The molecule has 2 aromatic heterocycles. The Kier molecular flexibility index (Phi) is 7.85.